The summed E-state index contributed by atoms with van der Waals surface area (Å²) in [6.07, 6.45) is 6.60. The van der Waals surface area contributed by atoms with Gasteiger partial charge < -0.3 is 9.84 Å². The van der Waals surface area contributed by atoms with Crippen LogP contribution < -0.4 is 4.74 Å². The van der Waals surface area contributed by atoms with Gasteiger partial charge >= 0.3 is 0 Å². The van der Waals surface area contributed by atoms with E-state index in [1.165, 1.54) is 32.1 Å². The number of benzene rings is 1. The van der Waals surface area contributed by atoms with Gasteiger partial charge in [-0.05, 0) is 55.9 Å². The molecule has 19 heavy (non-hydrogen) atoms. The molecule has 2 heteroatoms. The molecule has 0 bridgehead atoms. The molecule has 0 aliphatic heterocycles. The minimum atomic E-state index is -0.0983. The highest BCUT2D eigenvalue weighted by Crippen LogP contribution is 2.29. The lowest BCUT2D eigenvalue weighted by molar-refractivity contribution is 0.130. The molecule has 0 unspecified atom stereocenters. The van der Waals surface area contributed by atoms with Crippen LogP contribution in [0.4, 0.5) is 0 Å². The van der Waals surface area contributed by atoms with E-state index >= 15 is 0 Å². The Balaban J connectivity index is 1.86. The van der Waals surface area contributed by atoms with Gasteiger partial charge in [0.15, 0.2) is 0 Å². The summed E-state index contributed by atoms with van der Waals surface area (Å²) in [7, 11) is 0. The van der Waals surface area contributed by atoms with Gasteiger partial charge in [0.25, 0.3) is 0 Å². The molecule has 0 amide bonds. The molecule has 0 spiro atoms. The van der Waals surface area contributed by atoms with Gasteiger partial charge in [0.2, 0.25) is 0 Å². The second-order valence-electron chi connectivity index (χ2n) is 5.15. The Labute approximate surface area is 115 Å². The monoisotopic (exact) mass is 258 g/mol. The number of ether oxygens (including phenoxy) is 1. The molecule has 0 aromatic heterocycles. The maximum Gasteiger partial charge on any atom is 0.119 e. The molecule has 2 nitrogen and oxygen atoms in total. The van der Waals surface area contributed by atoms with Gasteiger partial charge in [-0.3, -0.25) is 0 Å². The minimum Gasteiger partial charge on any atom is -0.490 e. The number of hydrogen-bond donors (Lipinski definition) is 1. The smallest absolute Gasteiger partial charge is 0.119 e. The van der Waals surface area contributed by atoms with Crippen molar-refractivity contribution >= 4 is 0 Å². The van der Waals surface area contributed by atoms with Crippen molar-refractivity contribution in [1.29, 1.82) is 0 Å². The summed E-state index contributed by atoms with van der Waals surface area (Å²) >= 11 is 0. The van der Waals surface area contributed by atoms with E-state index in [0.717, 1.165) is 17.2 Å². The SMILES string of the molecule is CCC1CCC(Oc2ccc(C#CCO)cc2)CC1. The van der Waals surface area contributed by atoms with Crippen LogP contribution >= 0.6 is 0 Å². The molecule has 1 N–H and O–H groups in total. The summed E-state index contributed by atoms with van der Waals surface area (Å²) in [5.74, 6) is 7.35. The zero-order valence-corrected chi connectivity index (χ0v) is 11.6. The van der Waals surface area contributed by atoms with Crippen molar-refractivity contribution in [2.45, 2.75) is 45.1 Å². The molecule has 102 valence electrons. The molecule has 1 aliphatic rings. The Morgan fingerprint density at radius 3 is 2.42 bits per heavy atom. The van der Waals surface area contributed by atoms with Crippen LogP contribution in [-0.2, 0) is 0 Å². The molecule has 1 aromatic carbocycles. The quantitative estimate of drug-likeness (QED) is 0.842. The third-order valence-corrected chi connectivity index (χ3v) is 3.84. The Morgan fingerprint density at radius 2 is 1.84 bits per heavy atom. The normalized spacial score (nSPS) is 22.4. The molecule has 0 radical (unpaired) electrons. The molecule has 1 aliphatic carbocycles. The first kappa shape index (κ1) is 14.0. The maximum absolute atomic E-state index is 8.64. The van der Waals surface area contributed by atoms with Crippen LogP contribution in [0, 0.1) is 17.8 Å². The molecule has 1 fully saturated rings. The highest BCUT2D eigenvalue weighted by molar-refractivity contribution is 5.38. The first-order chi connectivity index (χ1) is 9.31. The number of rotatable bonds is 3. The second kappa shape index (κ2) is 7.21. The lowest BCUT2D eigenvalue weighted by Gasteiger charge is -2.28. The molecule has 2 rings (SSSR count). The van der Waals surface area contributed by atoms with Crippen molar-refractivity contribution in [3.05, 3.63) is 29.8 Å². The van der Waals surface area contributed by atoms with E-state index in [1.54, 1.807) is 0 Å². The highest BCUT2D eigenvalue weighted by Gasteiger charge is 2.20. The first-order valence-electron chi connectivity index (χ1n) is 7.18. The van der Waals surface area contributed by atoms with E-state index in [0.29, 0.717) is 6.10 Å². The van der Waals surface area contributed by atoms with Crippen LogP contribution in [0.3, 0.4) is 0 Å². The van der Waals surface area contributed by atoms with Crippen LogP contribution in [-0.4, -0.2) is 17.8 Å². The minimum absolute atomic E-state index is 0.0983. The second-order valence-corrected chi connectivity index (χ2v) is 5.15. The lowest BCUT2D eigenvalue weighted by atomic mass is 9.86. The Hall–Kier alpha value is -1.46. The Bertz CT molecular complexity index is 431. The zero-order valence-electron chi connectivity index (χ0n) is 11.6. The summed E-state index contributed by atoms with van der Waals surface area (Å²) in [4.78, 5) is 0. The van der Waals surface area contributed by atoms with E-state index in [1.807, 2.05) is 24.3 Å². The summed E-state index contributed by atoms with van der Waals surface area (Å²) in [5, 5.41) is 8.64. The third-order valence-electron chi connectivity index (χ3n) is 3.84. The van der Waals surface area contributed by atoms with Crippen molar-refractivity contribution < 1.29 is 9.84 Å². The van der Waals surface area contributed by atoms with E-state index in [4.69, 9.17) is 9.84 Å². The summed E-state index contributed by atoms with van der Waals surface area (Å²) < 4.78 is 6.01. The first-order valence-corrected chi connectivity index (χ1v) is 7.18. The van der Waals surface area contributed by atoms with Crippen molar-refractivity contribution in [2.75, 3.05) is 6.61 Å². The van der Waals surface area contributed by atoms with E-state index in [-0.39, 0.29) is 6.61 Å². The fraction of sp³-hybridized carbons (Fsp3) is 0.529. The van der Waals surface area contributed by atoms with Crippen molar-refractivity contribution in [3.63, 3.8) is 0 Å². The molecule has 1 aromatic rings. The number of aliphatic hydroxyl groups excluding tert-OH is 1. The molecular formula is C17H22O2. The summed E-state index contributed by atoms with van der Waals surface area (Å²) in [6, 6.07) is 7.81. The lowest BCUT2D eigenvalue weighted by Crippen LogP contribution is -2.23. The van der Waals surface area contributed by atoms with Gasteiger partial charge in [0, 0.05) is 5.56 Å². The van der Waals surface area contributed by atoms with E-state index in [2.05, 4.69) is 18.8 Å². The van der Waals surface area contributed by atoms with Crippen LogP contribution in [0.25, 0.3) is 0 Å². The van der Waals surface area contributed by atoms with Crippen molar-refractivity contribution in [1.82, 2.24) is 0 Å². The molecule has 0 atom stereocenters. The largest absolute Gasteiger partial charge is 0.490 e. The molecule has 0 heterocycles. The van der Waals surface area contributed by atoms with Gasteiger partial charge in [-0.1, -0.05) is 25.2 Å². The highest BCUT2D eigenvalue weighted by atomic mass is 16.5. The Morgan fingerprint density at radius 1 is 1.16 bits per heavy atom. The van der Waals surface area contributed by atoms with Gasteiger partial charge in [0.1, 0.15) is 12.4 Å². The fourth-order valence-electron chi connectivity index (χ4n) is 2.61. The van der Waals surface area contributed by atoms with Crippen molar-refractivity contribution in [2.24, 2.45) is 5.92 Å². The predicted molar refractivity (Wildman–Crippen MR) is 77.1 cm³/mol. The van der Waals surface area contributed by atoms with Crippen LogP contribution in [0.5, 0.6) is 5.75 Å². The van der Waals surface area contributed by atoms with Gasteiger partial charge in [-0.2, -0.15) is 0 Å². The average molecular weight is 258 g/mol. The van der Waals surface area contributed by atoms with Crippen LogP contribution in [0.1, 0.15) is 44.6 Å². The molecule has 0 saturated heterocycles. The molecular weight excluding hydrogens is 236 g/mol. The standard InChI is InChI=1S/C17H22O2/c1-2-14-5-9-16(10-6-14)19-17-11-7-15(8-12-17)4-3-13-18/h7-8,11-12,14,16,18H,2,5-6,9-10,13H2,1H3. The fourth-order valence-corrected chi connectivity index (χ4v) is 2.61. The summed E-state index contributed by atoms with van der Waals surface area (Å²) in [5.41, 5.74) is 0.913. The van der Waals surface area contributed by atoms with Gasteiger partial charge in [0.05, 0.1) is 6.10 Å². The van der Waals surface area contributed by atoms with Gasteiger partial charge in [-0.25, -0.2) is 0 Å². The molecule has 1 saturated carbocycles. The zero-order chi connectivity index (χ0) is 13.5. The maximum atomic E-state index is 8.64. The van der Waals surface area contributed by atoms with Gasteiger partial charge in [-0.15, -0.1) is 0 Å². The van der Waals surface area contributed by atoms with E-state index < -0.39 is 0 Å². The average Bonchev–Trinajstić information content (AvgIpc) is 2.47. The van der Waals surface area contributed by atoms with Crippen LogP contribution in [0.15, 0.2) is 24.3 Å². The predicted octanol–water partition coefficient (Wildman–Crippen LogP) is 3.38. The third kappa shape index (κ3) is 4.29. The topological polar surface area (TPSA) is 29.5 Å². The summed E-state index contributed by atoms with van der Waals surface area (Å²) in [6.45, 7) is 2.18. The Kier molecular flexibility index (Phi) is 5.30. The number of hydrogen-bond acceptors (Lipinski definition) is 2. The van der Waals surface area contributed by atoms with Crippen LogP contribution in [0.2, 0.25) is 0 Å². The van der Waals surface area contributed by atoms with Crippen molar-refractivity contribution in [3.8, 4) is 17.6 Å². The van der Waals surface area contributed by atoms with E-state index in [9.17, 15) is 0 Å². The number of aliphatic hydroxyl groups is 1.